The number of ether oxygens (including phenoxy) is 1. The molecule has 6 heteroatoms. The summed E-state index contributed by atoms with van der Waals surface area (Å²) in [4.78, 5) is 36.1. The smallest absolute Gasteiger partial charge is 0.328 e. The summed E-state index contributed by atoms with van der Waals surface area (Å²) in [6.45, 7) is 1.38. The first-order chi connectivity index (χ1) is 11.5. The van der Waals surface area contributed by atoms with Crippen LogP contribution in [0, 0.1) is 5.92 Å². The fourth-order valence-corrected chi connectivity index (χ4v) is 3.16. The molecule has 1 aromatic carbocycles. The average Bonchev–Trinajstić information content (AvgIpc) is 2.59. The van der Waals surface area contributed by atoms with Crippen molar-refractivity contribution in [3.63, 3.8) is 0 Å². The standard InChI is InChI=1S/C18H24N2O4/c1-12(21)19-15-11-7-6-10-14(15)17(22)20-16(18(23)24-2)13-8-4-3-5-9-13/h6-7,10-11,13,16H,3-5,8-9H2,1-2H3,(H,19,21)(H,20,22)/t16-/m0/s1. The van der Waals surface area contributed by atoms with Crippen LogP contribution >= 0.6 is 0 Å². The van der Waals surface area contributed by atoms with E-state index in [1.165, 1.54) is 14.0 Å². The highest BCUT2D eigenvalue weighted by Gasteiger charge is 2.32. The lowest BCUT2D eigenvalue weighted by atomic mass is 9.83. The number of nitrogens with one attached hydrogen (secondary N) is 2. The molecule has 0 bridgehead atoms. The highest BCUT2D eigenvalue weighted by atomic mass is 16.5. The Labute approximate surface area is 142 Å². The van der Waals surface area contributed by atoms with Gasteiger partial charge in [-0.3, -0.25) is 9.59 Å². The van der Waals surface area contributed by atoms with Gasteiger partial charge in [-0.05, 0) is 30.9 Å². The molecular weight excluding hydrogens is 308 g/mol. The number of anilines is 1. The predicted molar refractivity (Wildman–Crippen MR) is 90.6 cm³/mol. The molecule has 0 heterocycles. The lowest BCUT2D eigenvalue weighted by Crippen LogP contribution is -2.47. The Morgan fingerprint density at radius 2 is 1.79 bits per heavy atom. The van der Waals surface area contributed by atoms with E-state index < -0.39 is 12.0 Å². The monoisotopic (exact) mass is 332 g/mol. The molecule has 1 aromatic rings. The summed E-state index contributed by atoms with van der Waals surface area (Å²) in [5.74, 6) is -0.984. The van der Waals surface area contributed by atoms with Gasteiger partial charge < -0.3 is 15.4 Å². The molecule has 0 radical (unpaired) electrons. The van der Waals surface area contributed by atoms with Crippen LogP contribution < -0.4 is 10.6 Å². The number of hydrogen-bond donors (Lipinski definition) is 2. The lowest BCUT2D eigenvalue weighted by Gasteiger charge is -2.29. The number of amides is 2. The summed E-state index contributed by atoms with van der Waals surface area (Å²) >= 11 is 0. The Morgan fingerprint density at radius 1 is 1.12 bits per heavy atom. The minimum absolute atomic E-state index is 0.0862. The van der Waals surface area contributed by atoms with Crippen molar-refractivity contribution in [1.82, 2.24) is 5.32 Å². The van der Waals surface area contributed by atoms with Crippen LogP contribution in [-0.4, -0.2) is 30.9 Å². The van der Waals surface area contributed by atoms with Crippen LogP contribution in [0.3, 0.4) is 0 Å². The van der Waals surface area contributed by atoms with Crippen molar-refractivity contribution >= 4 is 23.5 Å². The third kappa shape index (κ3) is 4.57. The van der Waals surface area contributed by atoms with Gasteiger partial charge in [-0.25, -0.2) is 4.79 Å². The van der Waals surface area contributed by atoms with E-state index in [2.05, 4.69) is 10.6 Å². The molecule has 2 rings (SSSR count). The first kappa shape index (κ1) is 18.0. The lowest BCUT2D eigenvalue weighted by molar-refractivity contribution is -0.144. The Hall–Kier alpha value is -2.37. The maximum absolute atomic E-state index is 12.7. The van der Waals surface area contributed by atoms with Gasteiger partial charge in [0.05, 0.1) is 18.4 Å². The molecule has 0 unspecified atom stereocenters. The van der Waals surface area contributed by atoms with Gasteiger partial charge in [-0.2, -0.15) is 0 Å². The van der Waals surface area contributed by atoms with Gasteiger partial charge in [0.15, 0.2) is 0 Å². The fraction of sp³-hybridized carbons (Fsp3) is 0.500. The second kappa shape index (κ2) is 8.47. The van der Waals surface area contributed by atoms with E-state index in [4.69, 9.17) is 4.74 Å². The van der Waals surface area contributed by atoms with Crippen molar-refractivity contribution in [2.45, 2.75) is 45.1 Å². The van der Waals surface area contributed by atoms with Gasteiger partial charge in [-0.1, -0.05) is 31.4 Å². The van der Waals surface area contributed by atoms with E-state index in [1.54, 1.807) is 24.3 Å². The molecule has 0 aromatic heterocycles. The largest absolute Gasteiger partial charge is 0.467 e. The molecule has 1 atom stereocenters. The van der Waals surface area contributed by atoms with Crippen LogP contribution in [0.15, 0.2) is 24.3 Å². The van der Waals surface area contributed by atoms with Crippen molar-refractivity contribution in [2.24, 2.45) is 5.92 Å². The Bertz CT molecular complexity index is 609. The first-order valence-electron chi connectivity index (χ1n) is 8.28. The van der Waals surface area contributed by atoms with Gasteiger partial charge in [0, 0.05) is 6.92 Å². The molecule has 2 N–H and O–H groups in total. The van der Waals surface area contributed by atoms with Crippen LogP contribution in [0.1, 0.15) is 49.4 Å². The second-order valence-electron chi connectivity index (χ2n) is 6.10. The van der Waals surface area contributed by atoms with Gasteiger partial charge in [-0.15, -0.1) is 0 Å². The topological polar surface area (TPSA) is 84.5 Å². The zero-order valence-corrected chi connectivity index (χ0v) is 14.1. The zero-order valence-electron chi connectivity index (χ0n) is 14.1. The van der Waals surface area contributed by atoms with E-state index in [9.17, 15) is 14.4 Å². The molecule has 24 heavy (non-hydrogen) atoms. The first-order valence-corrected chi connectivity index (χ1v) is 8.28. The normalized spacial score (nSPS) is 16.1. The van der Waals surface area contributed by atoms with Crippen LogP contribution in [0.25, 0.3) is 0 Å². The van der Waals surface area contributed by atoms with E-state index >= 15 is 0 Å². The fourth-order valence-electron chi connectivity index (χ4n) is 3.16. The molecule has 1 aliphatic rings. The van der Waals surface area contributed by atoms with Crippen molar-refractivity contribution in [1.29, 1.82) is 0 Å². The highest BCUT2D eigenvalue weighted by Crippen LogP contribution is 2.27. The maximum atomic E-state index is 12.7. The third-order valence-electron chi connectivity index (χ3n) is 4.35. The molecular formula is C18H24N2O4. The minimum Gasteiger partial charge on any atom is -0.467 e. The minimum atomic E-state index is -0.659. The van der Waals surface area contributed by atoms with Crippen LogP contribution in [0.2, 0.25) is 0 Å². The molecule has 0 spiro atoms. The summed E-state index contributed by atoms with van der Waals surface area (Å²) in [5.41, 5.74) is 0.757. The van der Waals surface area contributed by atoms with Crippen LogP contribution in [0.4, 0.5) is 5.69 Å². The van der Waals surface area contributed by atoms with Gasteiger partial charge in [0.2, 0.25) is 5.91 Å². The van der Waals surface area contributed by atoms with E-state index in [0.29, 0.717) is 11.3 Å². The number of carbonyl (C=O) groups excluding carboxylic acids is 3. The van der Waals surface area contributed by atoms with Crippen molar-refractivity contribution in [3.8, 4) is 0 Å². The molecule has 1 saturated carbocycles. The molecule has 0 saturated heterocycles. The van der Waals surface area contributed by atoms with E-state index in [-0.39, 0.29) is 17.7 Å². The molecule has 6 nitrogen and oxygen atoms in total. The molecule has 0 aliphatic heterocycles. The number of carbonyl (C=O) groups is 3. The summed E-state index contributed by atoms with van der Waals surface area (Å²) in [5, 5.41) is 5.44. The third-order valence-corrected chi connectivity index (χ3v) is 4.35. The second-order valence-corrected chi connectivity index (χ2v) is 6.10. The van der Waals surface area contributed by atoms with Crippen molar-refractivity contribution in [2.75, 3.05) is 12.4 Å². The van der Waals surface area contributed by atoms with Gasteiger partial charge in [0.25, 0.3) is 5.91 Å². The van der Waals surface area contributed by atoms with Gasteiger partial charge in [0.1, 0.15) is 6.04 Å². The Balaban J connectivity index is 2.18. The number of hydrogen-bond acceptors (Lipinski definition) is 4. The van der Waals surface area contributed by atoms with Crippen molar-refractivity contribution < 1.29 is 19.1 Å². The Morgan fingerprint density at radius 3 is 2.42 bits per heavy atom. The van der Waals surface area contributed by atoms with Crippen LogP contribution in [0.5, 0.6) is 0 Å². The zero-order chi connectivity index (χ0) is 17.5. The Kier molecular flexibility index (Phi) is 6.35. The molecule has 1 fully saturated rings. The average molecular weight is 332 g/mol. The van der Waals surface area contributed by atoms with Gasteiger partial charge >= 0.3 is 5.97 Å². The molecule has 130 valence electrons. The number of rotatable bonds is 5. The summed E-state index contributed by atoms with van der Waals surface area (Å²) in [7, 11) is 1.33. The van der Waals surface area contributed by atoms with Crippen LogP contribution in [-0.2, 0) is 14.3 Å². The summed E-state index contributed by atoms with van der Waals surface area (Å²) in [6.07, 6.45) is 5.05. The van der Waals surface area contributed by atoms with E-state index in [1.807, 2.05) is 0 Å². The molecule has 1 aliphatic carbocycles. The quantitative estimate of drug-likeness (QED) is 0.811. The number of esters is 1. The SMILES string of the molecule is COC(=O)[C@@H](NC(=O)c1ccccc1NC(C)=O)C1CCCCC1. The highest BCUT2D eigenvalue weighted by molar-refractivity contribution is 6.04. The molecule has 2 amide bonds. The van der Waals surface area contributed by atoms with E-state index in [0.717, 1.165) is 32.1 Å². The predicted octanol–water partition coefficient (Wildman–Crippen LogP) is 2.50. The number of para-hydroxylation sites is 1. The number of benzene rings is 1. The van der Waals surface area contributed by atoms with Crippen molar-refractivity contribution in [3.05, 3.63) is 29.8 Å². The number of methoxy groups -OCH3 is 1. The maximum Gasteiger partial charge on any atom is 0.328 e. The summed E-state index contributed by atoms with van der Waals surface area (Å²) < 4.78 is 4.87. The summed E-state index contributed by atoms with van der Waals surface area (Å²) in [6, 6.07) is 6.07.